The van der Waals surface area contributed by atoms with E-state index in [0.29, 0.717) is 24.4 Å². The first-order valence-corrected chi connectivity index (χ1v) is 10.9. The zero-order valence-corrected chi connectivity index (χ0v) is 16.7. The van der Waals surface area contributed by atoms with Crippen molar-refractivity contribution in [3.05, 3.63) is 71.9 Å². The second kappa shape index (κ2) is 6.79. The highest BCUT2D eigenvalue weighted by Crippen LogP contribution is 2.34. The molecule has 0 spiro atoms. The average molecular weight is 408 g/mol. The molecular weight excluding hydrogens is 388 g/mol. The lowest BCUT2D eigenvalue weighted by Crippen LogP contribution is -2.12. The molecule has 1 N–H and O–H groups in total. The fourth-order valence-electron chi connectivity index (χ4n) is 3.73. The first-order valence-electron chi connectivity index (χ1n) is 9.42. The van der Waals surface area contributed by atoms with E-state index < -0.39 is 10.0 Å². The van der Waals surface area contributed by atoms with Gasteiger partial charge in [0.2, 0.25) is 5.09 Å². The minimum absolute atomic E-state index is 0.0731. The van der Waals surface area contributed by atoms with E-state index in [9.17, 15) is 8.42 Å². The van der Waals surface area contributed by atoms with Gasteiger partial charge in [-0.1, -0.05) is 18.2 Å². The molecule has 4 aromatic rings. The third-order valence-corrected chi connectivity index (χ3v) is 6.65. The lowest BCUT2D eigenvalue weighted by Gasteiger charge is -2.09. The highest BCUT2D eigenvalue weighted by atomic mass is 32.2. The number of rotatable bonds is 5. The molecule has 29 heavy (non-hydrogen) atoms. The molecule has 0 amide bonds. The Morgan fingerprint density at radius 2 is 1.97 bits per heavy atom. The van der Waals surface area contributed by atoms with E-state index in [-0.39, 0.29) is 5.09 Å². The van der Waals surface area contributed by atoms with E-state index in [1.807, 2.05) is 49.5 Å². The summed E-state index contributed by atoms with van der Waals surface area (Å²) in [6.45, 7) is 1.21. The van der Waals surface area contributed by atoms with Gasteiger partial charge in [-0.15, -0.1) is 0 Å². The SMILES string of the molecule is CNCc1cc(-c2ccc3c(c2)CCO3)n(S(=O)(=O)c2cc3ccccc3o2)c1. The molecular formula is C22H20N2O4S. The number of hydrogen-bond donors (Lipinski definition) is 1. The van der Waals surface area contributed by atoms with Gasteiger partial charge in [0.25, 0.3) is 0 Å². The second-order valence-corrected chi connectivity index (χ2v) is 8.83. The molecule has 0 aliphatic carbocycles. The highest BCUT2D eigenvalue weighted by Gasteiger charge is 2.26. The third-order valence-electron chi connectivity index (χ3n) is 5.12. The van der Waals surface area contributed by atoms with E-state index in [4.69, 9.17) is 9.15 Å². The first-order chi connectivity index (χ1) is 14.1. The normalized spacial score (nSPS) is 13.6. The summed E-state index contributed by atoms with van der Waals surface area (Å²) in [6.07, 6.45) is 2.47. The maximum absolute atomic E-state index is 13.5. The Balaban J connectivity index is 1.67. The number of nitrogens with one attached hydrogen (secondary N) is 1. The Morgan fingerprint density at radius 1 is 1.10 bits per heavy atom. The van der Waals surface area contributed by atoms with Crippen LogP contribution in [0.15, 0.2) is 70.3 Å². The average Bonchev–Trinajstić information content (AvgIpc) is 3.45. The van der Waals surface area contributed by atoms with Crippen LogP contribution < -0.4 is 10.1 Å². The topological polar surface area (TPSA) is 73.5 Å². The zero-order valence-electron chi connectivity index (χ0n) is 15.9. The van der Waals surface area contributed by atoms with Gasteiger partial charge in [0.1, 0.15) is 11.3 Å². The Kier molecular flexibility index (Phi) is 4.22. The van der Waals surface area contributed by atoms with Crippen LogP contribution in [0.4, 0.5) is 0 Å². The van der Waals surface area contributed by atoms with Crippen LogP contribution in [0.1, 0.15) is 11.1 Å². The van der Waals surface area contributed by atoms with Crippen LogP contribution in [0.3, 0.4) is 0 Å². The molecule has 0 atom stereocenters. The molecule has 148 valence electrons. The minimum atomic E-state index is -3.90. The predicted molar refractivity (Wildman–Crippen MR) is 111 cm³/mol. The van der Waals surface area contributed by atoms with Gasteiger partial charge in [-0.25, -0.2) is 3.97 Å². The van der Waals surface area contributed by atoms with Crippen LogP contribution in [-0.4, -0.2) is 26.0 Å². The summed E-state index contributed by atoms with van der Waals surface area (Å²) in [7, 11) is -2.07. The number of nitrogens with zero attached hydrogens (tertiary/aromatic N) is 1. The molecule has 3 heterocycles. The summed E-state index contributed by atoms with van der Waals surface area (Å²) in [4.78, 5) is 0. The van der Waals surface area contributed by atoms with E-state index in [0.717, 1.165) is 34.2 Å². The smallest absolute Gasteiger partial charge is 0.301 e. The van der Waals surface area contributed by atoms with Crippen LogP contribution in [0, 0.1) is 0 Å². The fraction of sp³-hybridized carbons (Fsp3) is 0.182. The third kappa shape index (κ3) is 3.03. The molecule has 0 saturated heterocycles. The Hall–Kier alpha value is -3.03. The van der Waals surface area contributed by atoms with Crippen molar-refractivity contribution >= 4 is 21.0 Å². The molecule has 1 aliphatic heterocycles. The van der Waals surface area contributed by atoms with Gasteiger partial charge in [0.05, 0.1) is 12.3 Å². The van der Waals surface area contributed by atoms with Gasteiger partial charge in [0, 0.05) is 30.6 Å². The Morgan fingerprint density at radius 3 is 2.79 bits per heavy atom. The number of para-hydroxylation sites is 1. The van der Waals surface area contributed by atoms with Crippen molar-refractivity contribution in [2.75, 3.05) is 13.7 Å². The number of furan rings is 1. The van der Waals surface area contributed by atoms with Crippen molar-refractivity contribution in [1.29, 1.82) is 0 Å². The maximum atomic E-state index is 13.5. The number of fused-ring (bicyclic) bond motifs is 2. The summed E-state index contributed by atoms with van der Waals surface area (Å²) in [5, 5.41) is 3.76. The molecule has 0 fully saturated rings. The van der Waals surface area contributed by atoms with E-state index in [2.05, 4.69) is 5.32 Å². The van der Waals surface area contributed by atoms with Gasteiger partial charge >= 0.3 is 10.0 Å². The van der Waals surface area contributed by atoms with Crippen molar-refractivity contribution in [2.24, 2.45) is 0 Å². The number of benzene rings is 2. The quantitative estimate of drug-likeness (QED) is 0.544. The monoisotopic (exact) mass is 408 g/mol. The second-order valence-electron chi connectivity index (χ2n) is 7.09. The van der Waals surface area contributed by atoms with Gasteiger partial charge in [-0.2, -0.15) is 8.42 Å². The Bertz CT molecular complexity index is 1280. The summed E-state index contributed by atoms with van der Waals surface area (Å²) in [5.74, 6) is 0.863. The minimum Gasteiger partial charge on any atom is -0.493 e. The van der Waals surface area contributed by atoms with Crippen molar-refractivity contribution in [3.8, 4) is 17.0 Å². The van der Waals surface area contributed by atoms with Gasteiger partial charge in [-0.3, -0.25) is 0 Å². The van der Waals surface area contributed by atoms with Crippen molar-refractivity contribution in [3.63, 3.8) is 0 Å². The lowest BCUT2D eigenvalue weighted by atomic mass is 10.1. The number of aromatic nitrogens is 1. The van der Waals surface area contributed by atoms with E-state index >= 15 is 0 Å². The largest absolute Gasteiger partial charge is 0.493 e. The van der Waals surface area contributed by atoms with Crippen LogP contribution in [0.5, 0.6) is 5.75 Å². The van der Waals surface area contributed by atoms with Gasteiger partial charge < -0.3 is 14.5 Å². The lowest BCUT2D eigenvalue weighted by molar-refractivity contribution is 0.357. The number of ether oxygens (including phenoxy) is 1. The van der Waals surface area contributed by atoms with Gasteiger partial charge in [-0.05, 0) is 54.1 Å². The molecule has 5 rings (SSSR count). The highest BCUT2D eigenvalue weighted by molar-refractivity contribution is 7.89. The van der Waals surface area contributed by atoms with E-state index in [1.165, 1.54) is 3.97 Å². The summed E-state index contributed by atoms with van der Waals surface area (Å²) >= 11 is 0. The van der Waals surface area contributed by atoms with Crippen LogP contribution in [0.2, 0.25) is 0 Å². The number of hydrogen-bond acceptors (Lipinski definition) is 5. The maximum Gasteiger partial charge on any atom is 0.301 e. The van der Waals surface area contributed by atoms with Crippen LogP contribution in [-0.2, 0) is 23.0 Å². The molecule has 1 aliphatic rings. The van der Waals surface area contributed by atoms with Crippen molar-refractivity contribution < 1.29 is 17.6 Å². The van der Waals surface area contributed by atoms with E-state index in [1.54, 1.807) is 18.3 Å². The van der Waals surface area contributed by atoms with Crippen LogP contribution >= 0.6 is 0 Å². The molecule has 0 unspecified atom stereocenters. The van der Waals surface area contributed by atoms with Gasteiger partial charge in [0.15, 0.2) is 0 Å². The van der Waals surface area contributed by atoms with Crippen molar-refractivity contribution in [2.45, 2.75) is 18.1 Å². The predicted octanol–water partition coefficient (Wildman–Crippen LogP) is 3.79. The molecule has 2 aromatic heterocycles. The zero-order chi connectivity index (χ0) is 20.0. The fourth-order valence-corrected chi connectivity index (χ4v) is 5.09. The summed E-state index contributed by atoms with van der Waals surface area (Å²) < 4.78 is 39.5. The molecule has 0 radical (unpaired) electrons. The molecule has 0 saturated carbocycles. The summed E-state index contributed by atoms with van der Waals surface area (Å²) in [6, 6.07) is 16.5. The van der Waals surface area contributed by atoms with Crippen molar-refractivity contribution in [1.82, 2.24) is 9.29 Å². The first kappa shape index (κ1) is 18.0. The Labute approximate surface area is 168 Å². The molecule has 6 nitrogen and oxygen atoms in total. The molecule has 2 aromatic carbocycles. The molecule has 7 heteroatoms. The van der Waals surface area contributed by atoms with Crippen LogP contribution in [0.25, 0.3) is 22.2 Å². The summed E-state index contributed by atoms with van der Waals surface area (Å²) in [5.41, 5.74) is 3.94. The standard InChI is InChI=1S/C22H20N2O4S/c1-23-13-15-10-19(16-6-7-20-18(11-16)8-9-27-20)24(14-15)29(25,26)22-12-17-4-2-3-5-21(17)28-22/h2-7,10-12,14,23H,8-9,13H2,1H3. The molecule has 0 bridgehead atoms.